The van der Waals surface area contributed by atoms with Crippen LogP contribution in [0.3, 0.4) is 0 Å². The molecule has 4 aliphatic rings. The Morgan fingerprint density at radius 1 is 1.17 bits per heavy atom. The SMILES string of the molecule is C=C1C(=O)O[C@@H]2C[C@@]3(C)C[C@@H](O[C@@H]4O[C@H](CO)[C@@H](O)[C@H](O)[C@H]4O)CC(=C)[C@@H]3C[C@H]12. The molecule has 0 radical (unpaired) electrons. The van der Waals surface area contributed by atoms with Gasteiger partial charge in [0.25, 0.3) is 0 Å². The Morgan fingerprint density at radius 2 is 1.90 bits per heavy atom. The van der Waals surface area contributed by atoms with E-state index in [1.54, 1.807) is 0 Å². The molecule has 162 valence electrons. The van der Waals surface area contributed by atoms with Crippen molar-refractivity contribution < 1.29 is 39.4 Å². The lowest BCUT2D eigenvalue weighted by Crippen LogP contribution is -2.60. The molecule has 0 spiro atoms. The molecule has 10 atom stereocenters. The first-order valence-electron chi connectivity index (χ1n) is 10.2. The average Bonchev–Trinajstić information content (AvgIpc) is 2.93. The fourth-order valence-electron chi connectivity index (χ4n) is 5.67. The first-order chi connectivity index (χ1) is 13.6. The first kappa shape index (κ1) is 21.0. The number of esters is 1. The van der Waals surface area contributed by atoms with Gasteiger partial charge in [0.2, 0.25) is 0 Å². The van der Waals surface area contributed by atoms with Gasteiger partial charge in [-0.15, -0.1) is 0 Å². The van der Waals surface area contributed by atoms with Gasteiger partial charge < -0.3 is 34.6 Å². The fourth-order valence-corrected chi connectivity index (χ4v) is 5.67. The molecule has 4 rings (SSSR count). The molecule has 0 amide bonds. The van der Waals surface area contributed by atoms with Crippen LogP contribution in [0.1, 0.15) is 32.6 Å². The molecule has 0 unspecified atom stereocenters. The van der Waals surface area contributed by atoms with Gasteiger partial charge in [0, 0.05) is 11.5 Å². The Hall–Kier alpha value is -1.29. The standard InChI is InChI=1S/C21H30O8/c1-9-4-11(27-20-18(25)17(24)16(23)15(8-22)29-20)6-21(3)7-14-12(5-13(9)21)10(2)19(26)28-14/h11-18,20,22-25H,1-2,4-8H2,3H3/t11-,12+,13-,14+,15+,16+,17-,18+,20+,21+/m0/s1. The van der Waals surface area contributed by atoms with Crippen molar-refractivity contribution in [3.8, 4) is 0 Å². The van der Waals surface area contributed by atoms with Gasteiger partial charge in [-0.3, -0.25) is 0 Å². The van der Waals surface area contributed by atoms with Crippen LogP contribution in [0, 0.1) is 17.3 Å². The molecule has 2 saturated carbocycles. The van der Waals surface area contributed by atoms with Gasteiger partial charge in [0.1, 0.15) is 30.5 Å². The predicted octanol–water partition coefficient (Wildman–Crippen LogP) is 0.0356. The van der Waals surface area contributed by atoms with Gasteiger partial charge in [0.15, 0.2) is 6.29 Å². The zero-order valence-electron chi connectivity index (χ0n) is 16.6. The Morgan fingerprint density at radius 3 is 2.59 bits per heavy atom. The van der Waals surface area contributed by atoms with Gasteiger partial charge in [0.05, 0.1) is 12.7 Å². The number of carbonyl (C=O) groups is 1. The smallest absolute Gasteiger partial charge is 0.334 e. The van der Waals surface area contributed by atoms with Crippen LogP contribution in [-0.2, 0) is 19.0 Å². The van der Waals surface area contributed by atoms with E-state index < -0.39 is 37.3 Å². The number of aliphatic hydroxyl groups is 4. The van der Waals surface area contributed by atoms with Crippen LogP contribution in [0.25, 0.3) is 0 Å². The van der Waals surface area contributed by atoms with E-state index in [1.807, 2.05) is 0 Å². The molecule has 4 N–H and O–H groups in total. The van der Waals surface area contributed by atoms with Crippen molar-refractivity contribution in [2.24, 2.45) is 17.3 Å². The molecular formula is C21H30O8. The van der Waals surface area contributed by atoms with Crippen molar-refractivity contribution in [1.82, 2.24) is 0 Å². The minimum absolute atomic E-state index is 0.0280. The third-order valence-corrected chi connectivity index (χ3v) is 7.27. The first-order valence-corrected chi connectivity index (χ1v) is 10.2. The van der Waals surface area contributed by atoms with Gasteiger partial charge in [-0.05, 0) is 37.0 Å². The third-order valence-electron chi connectivity index (χ3n) is 7.27. The van der Waals surface area contributed by atoms with Crippen LogP contribution >= 0.6 is 0 Å². The Balaban J connectivity index is 1.47. The number of aliphatic hydroxyl groups excluding tert-OH is 4. The van der Waals surface area contributed by atoms with Crippen LogP contribution in [0.5, 0.6) is 0 Å². The van der Waals surface area contributed by atoms with E-state index in [0.717, 1.165) is 12.0 Å². The highest BCUT2D eigenvalue weighted by atomic mass is 16.7. The summed E-state index contributed by atoms with van der Waals surface area (Å²) in [4.78, 5) is 11.9. The minimum Gasteiger partial charge on any atom is -0.458 e. The topological polar surface area (TPSA) is 126 Å². The Labute approximate surface area is 169 Å². The lowest BCUT2D eigenvalue weighted by Gasteiger charge is -2.52. The van der Waals surface area contributed by atoms with E-state index in [1.165, 1.54) is 0 Å². The van der Waals surface area contributed by atoms with Crippen LogP contribution in [0.15, 0.2) is 24.3 Å². The maximum atomic E-state index is 11.9. The summed E-state index contributed by atoms with van der Waals surface area (Å²) in [6.45, 7) is 9.79. The fraction of sp³-hybridized carbons (Fsp3) is 0.762. The number of fused-ring (bicyclic) bond motifs is 2. The van der Waals surface area contributed by atoms with Gasteiger partial charge in [-0.25, -0.2) is 4.79 Å². The zero-order chi connectivity index (χ0) is 21.1. The quantitative estimate of drug-likeness (QED) is 0.222. The molecule has 0 aromatic rings. The lowest BCUT2D eigenvalue weighted by molar-refractivity contribution is -0.314. The summed E-state index contributed by atoms with van der Waals surface area (Å²) in [7, 11) is 0. The van der Waals surface area contributed by atoms with Crippen LogP contribution in [0.2, 0.25) is 0 Å². The molecule has 29 heavy (non-hydrogen) atoms. The predicted molar refractivity (Wildman–Crippen MR) is 100 cm³/mol. The molecule has 4 fully saturated rings. The Kier molecular flexibility index (Phi) is 5.38. The van der Waals surface area contributed by atoms with Crippen molar-refractivity contribution in [2.75, 3.05) is 6.61 Å². The highest BCUT2D eigenvalue weighted by Gasteiger charge is 2.55. The second-order valence-electron chi connectivity index (χ2n) is 9.24. The minimum atomic E-state index is -1.47. The van der Waals surface area contributed by atoms with E-state index in [0.29, 0.717) is 24.8 Å². The van der Waals surface area contributed by atoms with Gasteiger partial charge >= 0.3 is 5.97 Å². The van der Waals surface area contributed by atoms with Gasteiger partial charge in [-0.2, -0.15) is 0 Å². The van der Waals surface area contributed by atoms with Crippen LogP contribution in [0.4, 0.5) is 0 Å². The molecule has 0 aromatic heterocycles. The molecule has 2 saturated heterocycles. The highest BCUT2D eigenvalue weighted by Crippen LogP contribution is 2.57. The summed E-state index contributed by atoms with van der Waals surface area (Å²) in [5, 5.41) is 39.6. The summed E-state index contributed by atoms with van der Waals surface area (Å²) < 4.78 is 17.0. The summed E-state index contributed by atoms with van der Waals surface area (Å²) in [5.41, 5.74) is 1.36. The van der Waals surface area contributed by atoms with E-state index in [-0.39, 0.29) is 35.4 Å². The van der Waals surface area contributed by atoms with E-state index in [2.05, 4.69) is 20.1 Å². The Bertz CT molecular complexity index is 705. The molecular weight excluding hydrogens is 380 g/mol. The summed E-state index contributed by atoms with van der Waals surface area (Å²) in [6.07, 6.45) is -4.32. The van der Waals surface area contributed by atoms with Crippen LogP contribution in [-0.4, -0.2) is 75.9 Å². The van der Waals surface area contributed by atoms with Gasteiger partial charge in [-0.1, -0.05) is 25.7 Å². The number of carbonyl (C=O) groups excluding carboxylic acids is 1. The van der Waals surface area contributed by atoms with E-state index >= 15 is 0 Å². The number of ether oxygens (including phenoxy) is 3. The third kappa shape index (κ3) is 3.45. The largest absolute Gasteiger partial charge is 0.458 e. The summed E-state index contributed by atoms with van der Waals surface area (Å²) in [6, 6.07) is 0. The summed E-state index contributed by atoms with van der Waals surface area (Å²) in [5.74, 6) is -0.0770. The monoisotopic (exact) mass is 410 g/mol. The average molecular weight is 410 g/mol. The molecule has 8 heteroatoms. The maximum absolute atomic E-state index is 11.9. The normalized spacial score (nSPS) is 50.1. The molecule has 0 bridgehead atoms. The highest BCUT2D eigenvalue weighted by molar-refractivity contribution is 5.90. The van der Waals surface area contributed by atoms with Crippen molar-refractivity contribution in [2.45, 2.75) is 75.5 Å². The second kappa shape index (κ2) is 7.44. The van der Waals surface area contributed by atoms with Crippen molar-refractivity contribution in [3.63, 3.8) is 0 Å². The summed E-state index contributed by atoms with van der Waals surface area (Å²) >= 11 is 0. The number of hydrogen-bond acceptors (Lipinski definition) is 8. The van der Waals surface area contributed by atoms with Crippen molar-refractivity contribution in [3.05, 3.63) is 24.3 Å². The van der Waals surface area contributed by atoms with Crippen LogP contribution < -0.4 is 0 Å². The lowest BCUT2D eigenvalue weighted by atomic mass is 9.55. The number of rotatable bonds is 3. The maximum Gasteiger partial charge on any atom is 0.334 e. The second-order valence-corrected chi connectivity index (χ2v) is 9.24. The number of hydrogen-bond donors (Lipinski definition) is 4. The molecule has 2 aliphatic carbocycles. The van der Waals surface area contributed by atoms with Crippen molar-refractivity contribution >= 4 is 5.97 Å². The van der Waals surface area contributed by atoms with E-state index in [4.69, 9.17) is 14.2 Å². The van der Waals surface area contributed by atoms with E-state index in [9.17, 15) is 25.2 Å². The molecule has 2 aliphatic heterocycles. The molecule has 2 heterocycles. The zero-order valence-corrected chi connectivity index (χ0v) is 16.6. The molecule has 8 nitrogen and oxygen atoms in total. The van der Waals surface area contributed by atoms with Crippen molar-refractivity contribution in [1.29, 1.82) is 0 Å². The molecule has 0 aromatic carbocycles.